The molecule has 0 amide bonds. The molecular weight excluding hydrogens is 430 g/mol. The Hall–Kier alpha value is -2.07. The molecule has 2 aromatic rings. The van der Waals surface area contributed by atoms with Gasteiger partial charge in [0.1, 0.15) is 18.2 Å². The second kappa shape index (κ2) is 10.7. The van der Waals surface area contributed by atoms with Crippen LogP contribution in [0.1, 0.15) is 37.8 Å². The normalized spacial score (nSPS) is 22.8. The summed E-state index contributed by atoms with van der Waals surface area (Å²) in [5, 5.41) is 0. The molecule has 2 fully saturated rings. The highest BCUT2D eigenvalue weighted by Crippen LogP contribution is 2.29. The fraction of sp³-hybridized carbons (Fsp3) is 0.565. The third kappa shape index (κ3) is 6.04. The lowest BCUT2D eigenvalue weighted by molar-refractivity contribution is 0.0804. The minimum atomic E-state index is -1.60. The number of likely N-dealkylation sites (tertiary alicyclic amines) is 1. The van der Waals surface area contributed by atoms with Crippen molar-refractivity contribution >= 4 is 11.4 Å². The van der Waals surface area contributed by atoms with Gasteiger partial charge in [-0.05, 0) is 57.7 Å². The molecule has 174 valence electrons. The number of hydrogen-bond donors (Lipinski definition) is 0. The summed E-state index contributed by atoms with van der Waals surface area (Å²) in [5.41, 5.74) is 1.94. The first kappa shape index (κ1) is 23.1. The van der Waals surface area contributed by atoms with Gasteiger partial charge in [0.05, 0.1) is 18.8 Å². The smallest absolute Gasteiger partial charge is 0.304 e. The largest absolute Gasteiger partial charge is 0.474 e. The van der Waals surface area contributed by atoms with Crippen LogP contribution < -0.4 is 9.47 Å². The lowest BCUT2D eigenvalue weighted by Gasteiger charge is -2.34. The summed E-state index contributed by atoms with van der Waals surface area (Å²) >= 11 is -1.60. The van der Waals surface area contributed by atoms with Crippen LogP contribution in [0.15, 0.2) is 30.6 Å². The zero-order valence-corrected chi connectivity index (χ0v) is 19.7. The second-order valence-electron chi connectivity index (χ2n) is 8.65. The molecule has 9 heteroatoms. The average Bonchev–Trinajstić information content (AvgIpc) is 2.80. The fourth-order valence-electron chi connectivity index (χ4n) is 3.95. The number of aromatic nitrogens is 2. The third-order valence-corrected chi connectivity index (χ3v) is 6.60. The summed E-state index contributed by atoms with van der Waals surface area (Å²) in [6.07, 6.45) is 4.43. The Kier molecular flexibility index (Phi) is 7.72. The summed E-state index contributed by atoms with van der Waals surface area (Å²) in [7, 11) is 0. The van der Waals surface area contributed by atoms with Crippen molar-refractivity contribution in [1.29, 1.82) is 0 Å². The van der Waals surface area contributed by atoms with Crippen LogP contribution >= 0.6 is 0 Å². The van der Waals surface area contributed by atoms with Gasteiger partial charge in [0.15, 0.2) is 0 Å². The molecule has 0 aliphatic carbocycles. The van der Waals surface area contributed by atoms with Crippen molar-refractivity contribution in [3.05, 3.63) is 41.7 Å². The molecule has 0 atom stereocenters. The molecule has 8 nitrogen and oxygen atoms in total. The van der Waals surface area contributed by atoms with Crippen molar-refractivity contribution in [3.63, 3.8) is 0 Å². The zero-order valence-electron chi connectivity index (χ0n) is 18.9. The van der Waals surface area contributed by atoms with Crippen molar-refractivity contribution in [2.45, 2.75) is 52.2 Å². The summed E-state index contributed by atoms with van der Waals surface area (Å²) in [6.45, 7) is 9.34. The number of piperidine rings is 1. The Labute approximate surface area is 192 Å². The van der Waals surface area contributed by atoms with E-state index in [1.54, 1.807) is 0 Å². The standard InChI is InChI=1S/C23H31N3O5S/c1-16(2)26-10-8-21(9-11-26)31-23-17(3)22(24-15-25-23)30-20-6-4-18(5-7-20)12-19-13-28-32(27)29-14-19/h4-7,15-16,19,21H,8-14H2,1-3H3. The van der Waals surface area contributed by atoms with Crippen LogP contribution in [0.3, 0.4) is 0 Å². The summed E-state index contributed by atoms with van der Waals surface area (Å²) in [6, 6.07) is 8.43. The highest BCUT2D eigenvalue weighted by Gasteiger charge is 2.24. The molecule has 32 heavy (non-hydrogen) atoms. The molecule has 4 rings (SSSR count). The van der Waals surface area contributed by atoms with Crippen molar-refractivity contribution in [1.82, 2.24) is 14.9 Å². The highest BCUT2D eigenvalue weighted by molar-refractivity contribution is 7.75. The average molecular weight is 462 g/mol. The Bertz CT molecular complexity index is 906. The van der Waals surface area contributed by atoms with Gasteiger partial charge >= 0.3 is 11.4 Å². The lowest BCUT2D eigenvalue weighted by atomic mass is 10.0. The van der Waals surface area contributed by atoms with Gasteiger partial charge in [0, 0.05) is 25.0 Å². The number of nitrogens with zero attached hydrogens (tertiary/aromatic N) is 3. The maximum absolute atomic E-state index is 11.1. The molecule has 1 aromatic carbocycles. The van der Waals surface area contributed by atoms with Gasteiger partial charge in [-0.3, -0.25) is 8.37 Å². The molecule has 3 heterocycles. The van der Waals surface area contributed by atoms with Gasteiger partial charge in [-0.15, -0.1) is 0 Å². The summed E-state index contributed by atoms with van der Waals surface area (Å²) in [5.74, 6) is 1.97. The monoisotopic (exact) mass is 461 g/mol. The van der Waals surface area contributed by atoms with Crippen LogP contribution in [-0.4, -0.2) is 57.5 Å². The van der Waals surface area contributed by atoms with E-state index in [1.807, 2.05) is 31.2 Å². The zero-order chi connectivity index (χ0) is 22.5. The van der Waals surface area contributed by atoms with E-state index < -0.39 is 11.4 Å². The van der Waals surface area contributed by atoms with Crippen LogP contribution in [0.25, 0.3) is 0 Å². The molecule has 2 aliphatic rings. The molecule has 2 aliphatic heterocycles. The van der Waals surface area contributed by atoms with E-state index in [0.29, 0.717) is 36.8 Å². The van der Waals surface area contributed by atoms with Gasteiger partial charge in [-0.2, -0.15) is 4.21 Å². The SMILES string of the molecule is Cc1c(Oc2ccc(CC3COS(=O)OC3)cc2)ncnc1OC1CCN(C(C)C)CC1. The van der Waals surface area contributed by atoms with Gasteiger partial charge in [-0.25, -0.2) is 9.97 Å². The molecule has 1 aromatic heterocycles. The summed E-state index contributed by atoms with van der Waals surface area (Å²) in [4.78, 5) is 11.1. The molecule has 0 unspecified atom stereocenters. The quantitative estimate of drug-likeness (QED) is 0.618. The Balaban J connectivity index is 1.34. The minimum Gasteiger partial charge on any atom is -0.474 e. The van der Waals surface area contributed by atoms with Crippen LogP contribution in [0.2, 0.25) is 0 Å². The number of rotatable bonds is 7. The lowest BCUT2D eigenvalue weighted by Crippen LogP contribution is -2.41. The van der Waals surface area contributed by atoms with Crippen molar-refractivity contribution in [2.75, 3.05) is 26.3 Å². The van der Waals surface area contributed by atoms with E-state index in [2.05, 4.69) is 28.7 Å². The maximum atomic E-state index is 11.1. The molecule has 0 N–H and O–H groups in total. The maximum Gasteiger partial charge on any atom is 0.304 e. The van der Waals surface area contributed by atoms with Crippen molar-refractivity contribution < 1.29 is 22.0 Å². The first-order chi connectivity index (χ1) is 15.5. The van der Waals surface area contributed by atoms with E-state index in [9.17, 15) is 4.21 Å². The first-order valence-electron chi connectivity index (χ1n) is 11.2. The number of hydrogen-bond acceptors (Lipinski definition) is 8. The van der Waals surface area contributed by atoms with Crippen LogP contribution in [0.4, 0.5) is 0 Å². The van der Waals surface area contributed by atoms with Gasteiger partial charge < -0.3 is 14.4 Å². The van der Waals surface area contributed by atoms with Gasteiger partial charge in [0.25, 0.3) is 0 Å². The van der Waals surface area contributed by atoms with Crippen molar-refractivity contribution in [3.8, 4) is 17.5 Å². The van der Waals surface area contributed by atoms with E-state index in [1.165, 1.54) is 6.33 Å². The molecule has 0 spiro atoms. The van der Waals surface area contributed by atoms with E-state index in [-0.39, 0.29) is 12.0 Å². The van der Waals surface area contributed by atoms with E-state index in [0.717, 1.165) is 43.5 Å². The Morgan fingerprint density at radius 3 is 2.41 bits per heavy atom. The predicted molar refractivity (Wildman–Crippen MR) is 121 cm³/mol. The Morgan fingerprint density at radius 1 is 1.09 bits per heavy atom. The fourth-order valence-corrected chi connectivity index (χ4v) is 4.63. The van der Waals surface area contributed by atoms with Crippen molar-refractivity contribution in [2.24, 2.45) is 5.92 Å². The van der Waals surface area contributed by atoms with E-state index in [4.69, 9.17) is 17.8 Å². The van der Waals surface area contributed by atoms with Crippen LogP contribution in [-0.2, 0) is 26.1 Å². The predicted octanol–water partition coefficient (Wildman–Crippen LogP) is 3.61. The molecular formula is C23H31N3O5S. The third-order valence-electron chi connectivity index (χ3n) is 5.94. The molecule has 2 saturated heterocycles. The second-order valence-corrected chi connectivity index (χ2v) is 9.52. The molecule has 0 bridgehead atoms. The number of ether oxygens (including phenoxy) is 2. The van der Waals surface area contributed by atoms with Gasteiger partial charge in [0.2, 0.25) is 11.8 Å². The minimum absolute atomic E-state index is 0.163. The highest BCUT2D eigenvalue weighted by atomic mass is 32.2. The Morgan fingerprint density at radius 2 is 1.75 bits per heavy atom. The van der Waals surface area contributed by atoms with Gasteiger partial charge in [-0.1, -0.05) is 12.1 Å². The topological polar surface area (TPSA) is 83.0 Å². The first-order valence-corrected chi connectivity index (χ1v) is 12.2. The summed E-state index contributed by atoms with van der Waals surface area (Å²) < 4.78 is 33.4. The van der Waals surface area contributed by atoms with Crippen LogP contribution in [0, 0.1) is 12.8 Å². The molecule has 0 radical (unpaired) electrons. The number of benzene rings is 1. The van der Waals surface area contributed by atoms with Crippen LogP contribution in [0.5, 0.6) is 17.5 Å². The van der Waals surface area contributed by atoms with E-state index >= 15 is 0 Å². The molecule has 0 saturated carbocycles.